The highest BCUT2D eigenvalue weighted by Gasteiger charge is 2.20. The lowest BCUT2D eigenvalue weighted by atomic mass is 10.0. The van der Waals surface area contributed by atoms with Crippen molar-refractivity contribution in [3.8, 4) is 22.8 Å². The molecule has 2 aromatic carbocycles. The van der Waals surface area contributed by atoms with E-state index in [0.717, 1.165) is 28.6 Å². The predicted molar refractivity (Wildman–Crippen MR) is 139 cm³/mol. The molecule has 0 atom stereocenters. The van der Waals surface area contributed by atoms with Gasteiger partial charge in [-0.15, -0.1) is 0 Å². The van der Waals surface area contributed by atoms with E-state index in [0.29, 0.717) is 34.2 Å². The third kappa shape index (κ3) is 5.31. The summed E-state index contributed by atoms with van der Waals surface area (Å²) in [6.07, 6.45) is 8.22. The van der Waals surface area contributed by atoms with Crippen LogP contribution >= 0.6 is 11.6 Å². The Labute approximate surface area is 218 Å². The van der Waals surface area contributed by atoms with E-state index in [1.54, 1.807) is 60.8 Å². The summed E-state index contributed by atoms with van der Waals surface area (Å²) in [7, 11) is -1.75. The summed E-state index contributed by atoms with van der Waals surface area (Å²) >= 11 is 6.49. The van der Waals surface area contributed by atoms with Gasteiger partial charge in [-0.2, -0.15) is 5.10 Å². The molecule has 0 saturated heterocycles. The number of hydrogen-bond acceptors (Lipinski definition) is 8. The third-order valence-electron chi connectivity index (χ3n) is 5.61. The van der Waals surface area contributed by atoms with Crippen LogP contribution in [0.25, 0.3) is 22.2 Å². The molecule has 0 spiro atoms. The summed E-state index contributed by atoms with van der Waals surface area (Å²) in [5, 5.41) is 6.09. The molecule has 0 aliphatic heterocycles. The summed E-state index contributed by atoms with van der Waals surface area (Å²) in [6, 6.07) is 13.6. The Balaban J connectivity index is 1.69. The lowest BCUT2D eigenvalue weighted by Crippen LogP contribution is -2.03. The standard InChI is InChI=1S/C26H22ClN5O4S/c1-35-16-32-26-21(23(31-32)14-18-15-28-10-11-29-18)12-17(25-22(27)4-3-9-30-25)13-24(26)36-19-5-7-20(8-6-19)37(2,33)34/h3-13,15H,14,16H2,1-2H3. The first-order valence-corrected chi connectivity index (χ1v) is 13.5. The molecule has 0 saturated carbocycles. The number of pyridine rings is 1. The Morgan fingerprint density at radius 2 is 1.84 bits per heavy atom. The minimum Gasteiger partial charge on any atom is -0.455 e. The number of aromatic nitrogens is 5. The molecule has 5 aromatic rings. The monoisotopic (exact) mass is 535 g/mol. The molecule has 188 valence electrons. The van der Waals surface area contributed by atoms with Crippen LogP contribution in [0.2, 0.25) is 5.02 Å². The van der Waals surface area contributed by atoms with Crippen LogP contribution in [0.1, 0.15) is 11.4 Å². The maximum atomic E-state index is 11.9. The molecule has 0 fully saturated rings. The summed E-state index contributed by atoms with van der Waals surface area (Å²) in [5.41, 5.74) is 3.53. The topological polar surface area (TPSA) is 109 Å². The van der Waals surface area contributed by atoms with E-state index in [2.05, 4.69) is 15.0 Å². The minimum absolute atomic E-state index is 0.185. The van der Waals surface area contributed by atoms with Crippen molar-refractivity contribution in [1.82, 2.24) is 24.7 Å². The number of benzene rings is 2. The fraction of sp³-hybridized carbons (Fsp3) is 0.154. The van der Waals surface area contributed by atoms with Gasteiger partial charge in [-0.3, -0.25) is 15.0 Å². The molecule has 0 aliphatic rings. The van der Waals surface area contributed by atoms with Gasteiger partial charge in [-0.1, -0.05) is 11.6 Å². The van der Waals surface area contributed by atoms with Crippen LogP contribution in [0.3, 0.4) is 0 Å². The number of fused-ring (bicyclic) bond motifs is 1. The number of hydrogen-bond donors (Lipinski definition) is 0. The third-order valence-corrected chi connectivity index (χ3v) is 7.05. The average molecular weight is 536 g/mol. The Morgan fingerprint density at radius 3 is 2.51 bits per heavy atom. The summed E-state index contributed by atoms with van der Waals surface area (Å²) in [4.78, 5) is 13.2. The van der Waals surface area contributed by atoms with Gasteiger partial charge >= 0.3 is 0 Å². The summed E-state index contributed by atoms with van der Waals surface area (Å²) in [5.74, 6) is 0.940. The van der Waals surface area contributed by atoms with Gasteiger partial charge in [0.2, 0.25) is 0 Å². The van der Waals surface area contributed by atoms with Crippen molar-refractivity contribution >= 4 is 32.3 Å². The number of sulfone groups is 1. The van der Waals surface area contributed by atoms with Gasteiger partial charge in [-0.25, -0.2) is 13.1 Å². The second kappa shape index (κ2) is 10.3. The van der Waals surface area contributed by atoms with Crippen molar-refractivity contribution in [2.75, 3.05) is 13.4 Å². The zero-order valence-electron chi connectivity index (χ0n) is 20.0. The quantitative estimate of drug-likeness (QED) is 0.275. The molecule has 0 bridgehead atoms. The average Bonchev–Trinajstić information content (AvgIpc) is 3.22. The molecular formula is C26H22ClN5O4S. The fourth-order valence-corrected chi connectivity index (χ4v) is 4.84. The van der Waals surface area contributed by atoms with Gasteiger partial charge in [0, 0.05) is 55.5 Å². The molecule has 3 aromatic heterocycles. The highest BCUT2D eigenvalue weighted by atomic mass is 35.5. The van der Waals surface area contributed by atoms with Gasteiger partial charge in [0.15, 0.2) is 15.6 Å². The van der Waals surface area contributed by atoms with Gasteiger partial charge in [-0.05, 0) is 48.5 Å². The van der Waals surface area contributed by atoms with Crippen molar-refractivity contribution in [2.45, 2.75) is 18.0 Å². The molecule has 0 unspecified atom stereocenters. The highest BCUT2D eigenvalue weighted by Crippen LogP contribution is 2.38. The Kier molecular flexibility index (Phi) is 6.88. The van der Waals surface area contributed by atoms with Crippen LogP contribution in [-0.2, 0) is 27.7 Å². The number of nitrogens with zero attached hydrogens (tertiary/aromatic N) is 5. The molecule has 5 rings (SSSR count). The van der Waals surface area contributed by atoms with E-state index in [9.17, 15) is 8.42 Å². The molecular weight excluding hydrogens is 514 g/mol. The van der Waals surface area contributed by atoms with E-state index in [-0.39, 0.29) is 11.6 Å². The maximum absolute atomic E-state index is 11.9. The van der Waals surface area contributed by atoms with E-state index in [1.165, 1.54) is 12.1 Å². The van der Waals surface area contributed by atoms with E-state index < -0.39 is 9.84 Å². The van der Waals surface area contributed by atoms with Crippen LogP contribution in [0.15, 0.2) is 78.2 Å². The molecule has 11 heteroatoms. The Morgan fingerprint density at radius 1 is 1.03 bits per heavy atom. The zero-order chi connectivity index (χ0) is 26.0. The Bertz CT molecular complexity index is 1670. The van der Waals surface area contributed by atoms with E-state index >= 15 is 0 Å². The SMILES string of the molecule is COCn1nc(Cc2cnccn2)c2cc(-c3ncccc3Cl)cc(Oc3ccc(S(C)(=O)=O)cc3)c21. The second-order valence-electron chi connectivity index (χ2n) is 8.29. The molecule has 0 aliphatic carbocycles. The van der Waals surface area contributed by atoms with E-state index in [1.807, 2.05) is 12.1 Å². The maximum Gasteiger partial charge on any atom is 0.175 e. The molecule has 0 radical (unpaired) electrons. The first kappa shape index (κ1) is 24.8. The second-order valence-corrected chi connectivity index (χ2v) is 10.7. The molecule has 9 nitrogen and oxygen atoms in total. The summed E-state index contributed by atoms with van der Waals surface area (Å²) < 4.78 is 37.2. The largest absolute Gasteiger partial charge is 0.455 e. The minimum atomic E-state index is -3.34. The van der Waals surface area contributed by atoms with Crippen LogP contribution in [0, 0.1) is 0 Å². The first-order valence-electron chi connectivity index (χ1n) is 11.2. The van der Waals surface area contributed by atoms with Crippen LogP contribution < -0.4 is 4.74 Å². The highest BCUT2D eigenvalue weighted by molar-refractivity contribution is 7.90. The predicted octanol–water partition coefficient (Wildman–Crippen LogP) is 4.93. The number of ether oxygens (including phenoxy) is 2. The van der Waals surface area contributed by atoms with Gasteiger partial charge in [0.05, 0.1) is 27.0 Å². The zero-order valence-corrected chi connectivity index (χ0v) is 21.6. The van der Waals surface area contributed by atoms with Crippen molar-refractivity contribution in [3.05, 3.63) is 89.7 Å². The van der Waals surface area contributed by atoms with Crippen LogP contribution in [0.5, 0.6) is 11.5 Å². The molecule has 3 heterocycles. The van der Waals surface area contributed by atoms with Crippen molar-refractivity contribution in [1.29, 1.82) is 0 Å². The smallest absolute Gasteiger partial charge is 0.175 e. The van der Waals surface area contributed by atoms with Crippen LogP contribution in [0.4, 0.5) is 0 Å². The molecule has 37 heavy (non-hydrogen) atoms. The number of rotatable bonds is 8. The van der Waals surface area contributed by atoms with Gasteiger partial charge in [0.1, 0.15) is 18.0 Å². The lowest BCUT2D eigenvalue weighted by Gasteiger charge is -2.13. The Hall–Kier alpha value is -3.86. The van der Waals surface area contributed by atoms with Crippen molar-refractivity contribution in [2.24, 2.45) is 0 Å². The van der Waals surface area contributed by atoms with Gasteiger partial charge in [0.25, 0.3) is 0 Å². The van der Waals surface area contributed by atoms with E-state index in [4.69, 9.17) is 26.2 Å². The fourth-order valence-electron chi connectivity index (χ4n) is 3.98. The van der Waals surface area contributed by atoms with Crippen molar-refractivity contribution < 1.29 is 17.9 Å². The van der Waals surface area contributed by atoms with Gasteiger partial charge < -0.3 is 9.47 Å². The molecule has 0 amide bonds. The first-order chi connectivity index (χ1) is 17.8. The van der Waals surface area contributed by atoms with Crippen molar-refractivity contribution in [3.63, 3.8) is 0 Å². The van der Waals surface area contributed by atoms with Crippen LogP contribution in [-0.4, -0.2) is 46.5 Å². The number of halogens is 1. The number of methoxy groups -OCH3 is 1. The normalized spacial score (nSPS) is 11.6. The lowest BCUT2D eigenvalue weighted by molar-refractivity contribution is 0.123. The molecule has 0 N–H and O–H groups in total. The summed E-state index contributed by atoms with van der Waals surface area (Å²) in [6.45, 7) is 0.185.